The minimum absolute atomic E-state index is 0.0530. The highest BCUT2D eigenvalue weighted by atomic mass is 79.9. The highest BCUT2D eigenvalue weighted by Crippen LogP contribution is 2.38. The molecule has 0 aromatic heterocycles. The van der Waals surface area contributed by atoms with Gasteiger partial charge in [0.25, 0.3) is 0 Å². The molecule has 5 nitrogen and oxygen atoms in total. The number of cyclic esters (lactones) is 1. The molecule has 7 heteroatoms. The predicted molar refractivity (Wildman–Crippen MR) is 116 cm³/mol. The molecule has 1 unspecified atom stereocenters. The van der Waals surface area contributed by atoms with Gasteiger partial charge in [0.1, 0.15) is 0 Å². The second kappa shape index (κ2) is 8.92. The van der Waals surface area contributed by atoms with Gasteiger partial charge in [0.2, 0.25) is 5.90 Å². The Morgan fingerprint density at radius 2 is 1.93 bits per heavy atom. The Hall–Kier alpha value is -2.12. The Morgan fingerprint density at radius 1 is 1.21 bits per heavy atom. The summed E-state index contributed by atoms with van der Waals surface area (Å²) in [6.07, 6.45) is 2.59. The van der Waals surface area contributed by atoms with E-state index in [9.17, 15) is 4.79 Å². The Kier molecular flexibility index (Phi) is 6.57. The lowest BCUT2D eigenvalue weighted by Gasteiger charge is -2.17. The lowest BCUT2D eigenvalue weighted by atomic mass is 10.1. The second-order valence-electron chi connectivity index (χ2n) is 6.21. The van der Waals surface area contributed by atoms with Crippen LogP contribution in [0.1, 0.15) is 31.4 Å². The van der Waals surface area contributed by atoms with E-state index in [0.29, 0.717) is 11.5 Å². The number of esters is 1. The number of ether oxygens (including phenoxy) is 3. The van der Waals surface area contributed by atoms with Crippen molar-refractivity contribution in [2.24, 2.45) is 4.99 Å². The van der Waals surface area contributed by atoms with Crippen molar-refractivity contribution in [1.82, 2.24) is 0 Å². The van der Waals surface area contributed by atoms with E-state index in [-0.39, 0.29) is 17.7 Å². The van der Waals surface area contributed by atoms with Crippen LogP contribution in [0.4, 0.5) is 0 Å². The van der Waals surface area contributed by atoms with Crippen LogP contribution in [-0.4, -0.2) is 25.1 Å². The third-order valence-corrected chi connectivity index (χ3v) is 5.28. The van der Waals surface area contributed by atoms with E-state index < -0.39 is 5.97 Å². The summed E-state index contributed by atoms with van der Waals surface area (Å²) in [6, 6.07) is 11.1. The number of carbonyl (C=O) groups is 1. The number of carbonyl (C=O) groups excluding carboxylic acids is 1. The molecule has 0 spiro atoms. The first-order chi connectivity index (χ1) is 13.4. The third-order valence-electron chi connectivity index (χ3n) is 4.16. The summed E-state index contributed by atoms with van der Waals surface area (Å²) in [4.78, 5) is 16.6. The Morgan fingerprint density at radius 3 is 2.57 bits per heavy atom. The molecule has 0 aliphatic carbocycles. The molecule has 3 rings (SSSR count). The number of benzene rings is 2. The maximum atomic E-state index is 12.2. The average molecular weight is 509 g/mol. The summed E-state index contributed by atoms with van der Waals surface area (Å²) in [5, 5.41) is 0. The van der Waals surface area contributed by atoms with Crippen LogP contribution in [0.3, 0.4) is 0 Å². The van der Waals surface area contributed by atoms with Crippen LogP contribution in [0.15, 0.2) is 56.0 Å². The van der Waals surface area contributed by atoms with Gasteiger partial charge in [0, 0.05) is 10.0 Å². The van der Waals surface area contributed by atoms with Crippen molar-refractivity contribution in [2.45, 2.75) is 26.4 Å². The Labute approximate surface area is 180 Å². The normalized spacial score (nSPS) is 16.0. The van der Waals surface area contributed by atoms with Crippen LogP contribution in [0.2, 0.25) is 0 Å². The van der Waals surface area contributed by atoms with Gasteiger partial charge < -0.3 is 14.2 Å². The average Bonchev–Trinajstić information content (AvgIpc) is 3.04. The molecule has 1 aliphatic rings. The summed E-state index contributed by atoms with van der Waals surface area (Å²) in [7, 11) is 1.58. The van der Waals surface area contributed by atoms with Crippen LogP contribution in [0.5, 0.6) is 11.5 Å². The zero-order valence-corrected chi connectivity index (χ0v) is 18.8. The smallest absolute Gasteiger partial charge is 0.363 e. The Balaban J connectivity index is 1.93. The molecule has 0 saturated carbocycles. The second-order valence-corrected chi connectivity index (χ2v) is 7.98. The Bertz CT molecular complexity index is 952. The van der Waals surface area contributed by atoms with Gasteiger partial charge in [-0.3, -0.25) is 0 Å². The highest BCUT2D eigenvalue weighted by Gasteiger charge is 2.24. The molecule has 0 bridgehead atoms. The van der Waals surface area contributed by atoms with Gasteiger partial charge >= 0.3 is 5.97 Å². The third kappa shape index (κ3) is 4.64. The monoisotopic (exact) mass is 507 g/mol. The molecule has 1 atom stereocenters. The fraction of sp³-hybridized carbons (Fsp3) is 0.238. The number of nitrogens with zero attached hydrogens (tertiary/aromatic N) is 1. The first-order valence-corrected chi connectivity index (χ1v) is 10.3. The first kappa shape index (κ1) is 20.6. The van der Waals surface area contributed by atoms with Crippen molar-refractivity contribution >= 4 is 49.8 Å². The van der Waals surface area contributed by atoms with Gasteiger partial charge in [0.15, 0.2) is 17.2 Å². The van der Waals surface area contributed by atoms with Crippen LogP contribution in [0.25, 0.3) is 6.08 Å². The van der Waals surface area contributed by atoms with E-state index in [0.717, 1.165) is 26.5 Å². The fourth-order valence-corrected chi connectivity index (χ4v) is 3.32. The summed E-state index contributed by atoms with van der Waals surface area (Å²) >= 11 is 6.91. The van der Waals surface area contributed by atoms with Crippen molar-refractivity contribution < 1.29 is 19.0 Å². The highest BCUT2D eigenvalue weighted by molar-refractivity contribution is 9.10. The molecule has 146 valence electrons. The maximum Gasteiger partial charge on any atom is 0.363 e. The lowest BCUT2D eigenvalue weighted by molar-refractivity contribution is -0.129. The topological polar surface area (TPSA) is 57.1 Å². The molecule has 0 fully saturated rings. The molecule has 1 heterocycles. The van der Waals surface area contributed by atoms with Crippen LogP contribution < -0.4 is 9.47 Å². The minimum atomic E-state index is -0.493. The predicted octanol–water partition coefficient (Wildman–Crippen LogP) is 5.74. The molecule has 28 heavy (non-hydrogen) atoms. The largest absolute Gasteiger partial charge is 0.493 e. The molecule has 2 aromatic rings. The molecular weight excluding hydrogens is 490 g/mol. The quantitative estimate of drug-likeness (QED) is 0.368. The van der Waals surface area contributed by atoms with E-state index in [4.69, 9.17) is 14.2 Å². The van der Waals surface area contributed by atoms with E-state index in [2.05, 4.69) is 43.8 Å². The zero-order valence-electron chi connectivity index (χ0n) is 15.7. The maximum absolute atomic E-state index is 12.2. The molecule has 2 aromatic carbocycles. The van der Waals surface area contributed by atoms with Crippen LogP contribution >= 0.6 is 31.9 Å². The standard InChI is InChI=1S/C21H19Br2NO4/c1-4-12(2)27-19-16(23)9-13(11-18(19)26-3)10-17-21(25)28-20(24-17)14-5-7-15(22)8-6-14/h5-12H,4H2,1-3H3/b17-10-. The summed E-state index contributed by atoms with van der Waals surface area (Å²) in [5.41, 5.74) is 1.70. The van der Waals surface area contributed by atoms with E-state index >= 15 is 0 Å². The number of halogens is 2. The number of hydrogen-bond acceptors (Lipinski definition) is 5. The summed E-state index contributed by atoms with van der Waals surface area (Å²) in [6.45, 7) is 4.05. The molecule has 1 aliphatic heterocycles. The summed E-state index contributed by atoms with van der Waals surface area (Å²) < 4.78 is 18.4. The van der Waals surface area contributed by atoms with E-state index in [1.807, 2.05) is 37.3 Å². The molecule has 0 N–H and O–H groups in total. The van der Waals surface area contributed by atoms with E-state index in [1.165, 1.54) is 0 Å². The van der Waals surface area contributed by atoms with Crippen molar-refractivity contribution in [2.75, 3.05) is 7.11 Å². The fourth-order valence-electron chi connectivity index (χ4n) is 2.50. The van der Waals surface area contributed by atoms with Gasteiger partial charge in [-0.05, 0) is 77.3 Å². The van der Waals surface area contributed by atoms with Gasteiger partial charge in [0.05, 0.1) is 17.7 Å². The van der Waals surface area contributed by atoms with Crippen molar-refractivity contribution in [3.63, 3.8) is 0 Å². The first-order valence-electron chi connectivity index (χ1n) is 8.74. The number of rotatable bonds is 6. The van der Waals surface area contributed by atoms with Crippen molar-refractivity contribution in [3.05, 3.63) is 62.2 Å². The zero-order chi connectivity index (χ0) is 20.3. The van der Waals surface area contributed by atoms with Crippen molar-refractivity contribution in [3.8, 4) is 11.5 Å². The molecule has 0 radical (unpaired) electrons. The van der Waals surface area contributed by atoms with Gasteiger partial charge in [-0.25, -0.2) is 9.79 Å². The SMILES string of the molecule is CCC(C)Oc1c(Br)cc(/C=C2\N=C(c3ccc(Br)cc3)OC2=O)cc1OC. The molecule has 0 amide bonds. The van der Waals surface area contributed by atoms with Crippen molar-refractivity contribution in [1.29, 1.82) is 0 Å². The van der Waals surface area contributed by atoms with Gasteiger partial charge in [-0.2, -0.15) is 0 Å². The number of aliphatic imine (C=N–C) groups is 1. The molecule has 0 saturated heterocycles. The molecular formula is C21H19Br2NO4. The number of methoxy groups -OCH3 is 1. The van der Waals surface area contributed by atoms with Crippen LogP contribution in [0, 0.1) is 0 Å². The number of hydrogen-bond donors (Lipinski definition) is 0. The minimum Gasteiger partial charge on any atom is -0.493 e. The lowest BCUT2D eigenvalue weighted by Crippen LogP contribution is -2.11. The van der Waals surface area contributed by atoms with Crippen LogP contribution in [-0.2, 0) is 9.53 Å². The van der Waals surface area contributed by atoms with Gasteiger partial charge in [-0.15, -0.1) is 0 Å². The summed E-state index contributed by atoms with van der Waals surface area (Å²) in [5.74, 6) is 0.997. The van der Waals surface area contributed by atoms with Gasteiger partial charge in [-0.1, -0.05) is 22.9 Å². The van der Waals surface area contributed by atoms with E-state index in [1.54, 1.807) is 19.3 Å².